The summed E-state index contributed by atoms with van der Waals surface area (Å²) in [5.74, 6) is -0.600. The van der Waals surface area contributed by atoms with E-state index in [2.05, 4.69) is 19.4 Å². The Hall–Kier alpha value is -1.24. The van der Waals surface area contributed by atoms with Gasteiger partial charge in [-0.25, -0.2) is 26.8 Å². The van der Waals surface area contributed by atoms with E-state index in [4.69, 9.17) is 0 Å². The third-order valence-corrected chi connectivity index (χ3v) is 6.47. The highest BCUT2D eigenvalue weighted by molar-refractivity contribution is 7.93. The fourth-order valence-electron chi connectivity index (χ4n) is 1.35. The molecule has 2 aromatic rings. The van der Waals surface area contributed by atoms with Gasteiger partial charge in [-0.2, -0.15) is 0 Å². The fourth-order valence-corrected chi connectivity index (χ4v) is 5.32. The second-order valence-corrected chi connectivity index (χ2v) is 9.34. The molecule has 2 N–H and O–H groups in total. The average Bonchev–Trinajstić information content (AvgIpc) is 3.00. The molecule has 0 amide bonds. The second-order valence-electron chi connectivity index (χ2n) is 3.87. The van der Waals surface area contributed by atoms with Crippen LogP contribution < -0.4 is 9.44 Å². The van der Waals surface area contributed by atoms with Crippen LogP contribution in [0.5, 0.6) is 0 Å². The molecule has 0 saturated heterocycles. The Bertz CT molecular complexity index is 687. The SMILES string of the molecule is O=S(=O)(CCCS(=O)(=O)Nc1nccs1)Nc1nccs1. The van der Waals surface area contributed by atoms with Crippen molar-refractivity contribution in [2.24, 2.45) is 0 Å². The smallest absolute Gasteiger partial charge is 0.234 e. The van der Waals surface area contributed by atoms with Crippen molar-refractivity contribution >= 4 is 53.0 Å². The lowest BCUT2D eigenvalue weighted by Crippen LogP contribution is -2.22. The van der Waals surface area contributed by atoms with Crippen LogP contribution in [-0.2, 0) is 20.0 Å². The van der Waals surface area contributed by atoms with Gasteiger partial charge < -0.3 is 0 Å². The molecule has 0 aromatic carbocycles. The first kappa shape index (κ1) is 16.1. The normalized spacial score (nSPS) is 12.2. The summed E-state index contributed by atoms with van der Waals surface area (Å²) in [5, 5.41) is 3.80. The minimum Gasteiger partial charge on any atom is -0.259 e. The zero-order valence-electron chi connectivity index (χ0n) is 10.6. The highest BCUT2D eigenvalue weighted by Gasteiger charge is 2.16. The maximum absolute atomic E-state index is 11.7. The summed E-state index contributed by atoms with van der Waals surface area (Å²) in [6.07, 6.45) is 2.93. The van der Waals surface area contributed by atoms with Gasteiger partial charge in [0.1, 0.15) is 0 Å². The van der Waals surface area contributed by atoms with Crippen LogP contribution in [0.1, 0.15) is 6.42 Å². The highest BCUT2D eigenvalue weighted by atomic mass is 32.2. The molecule has 116 valence electrons. The van der Waals surface area contributed by atoms with Crippen molar-refractivity contribution in [1.82, 2.24) is 9.97 Å². The van der Waals surface area contributed by atoms with E-state index in [1.54, 1.807) is 10.8 Å². The summed E-state index contributed by atoms with van der Waals surface area (Å²) in [7, 11) is -7.19. The topological polar surface area (TPSA) is 118 Å². The Morgan fingerprint density at radius 2 is 1.29 bits per heavy atom. The van der Waals surface area contributed by atoms with Crippen molar-refractivity contribution in [2.75, 3.05) is 20.9 Å². The summed E-state index contributed by atoms with van der Waals surface area (Å²) in [4.78, 5) is 7.60. The molecule has 0 radical (unpaired) electrons. The van der Waals surface area contributed by atoms with Crippen LogP contribution in [0.25, 0.3) is 0 Å². The van der Waals surface area contributed by atoms with Gasteiger partial charge in [0.2, 0.25) is 20.0 Å². The zero-order chi connectivity index (χ0) is 15.3. The first-order chi connectivity index (χ1) is 9.86. The van der Waals surface area contributed by atoms with Gasteiger partial charge in [0, 0.05) is 23.2 Å². The van der Waals surface area contributed by atoms with Gasteiger partial charge in [0.25, 0.3) is 0 Å². The first-order valence-electron chi connectivity index (χ1n) is 5.66. The molecule has 2 rings (SSSR count). The molecule has 21 heavy (non-hydrogen) atoms. The van der Waals surface area contributed by atoms with Crippen molar-refractivity contribution < 1.29 is 16.8 Å². The molecule has 8 nitrogen and oxygen atoms in total. The second kappa shape index (κ2) is 6.68. The Balaban J connectivity index is 1.83. The molecule has 0 saturated carbocycles. The summed E-state index contributed by atoms with van der Waals surface area (Å²) in [6, 6.07) is 0. The lowest BCUT2D eigenvalue weighted by Gasteiger charge is -2.06. The summed E-state index contributed by atoms with van der Waals surface area (Å²) >= 11 is 2.31. The number of thiazole rings is 2. The van der Waals surface area contributed by atoms with Gasteiger partial charge in [0.15, 0.2) is 10.3 Å². The molecule has 0 atom stereocenters. The number of hydrogen-bond acceptors (Lipinski definition) is 8. The van der Waals surface area contributed by atoms with Gasteiger partial charge in [-0.3, -0.25) is 9.44 Å². The summed E-state index contributed by atoms with van der Waals surface area (Å²) < 4.78 is 51.5. The van der Waals surface area contributed by atoms with E-state index < -0.39 is 20.0 Å². The van der Waals surface area contributed by atoms with E-state index >= 15 is 0 Å². The molecule has 0 fully saturated rings. The van der Waals surface area contributed by atoms with E-state index in [0.29, 0.717) is 0 Å². The molecule has 0 aliphatic heterocycles. The molecule has 0 bridgehead atoms. The minimum atomic E-state index is -3.60. The molecule has 2 heterocycles. The van der Waals surface area contributed by atoms with Crippen molar-refractivity contribution in [3.63, 3.8) is 0 Å². The molecule has 0 aliphatic rings. The Kier molecular flexibility index (Phi) is 5.13. The maximum Gasteiger partial charge on any atom is 0.234 e. The Morgan fingerprint density at radius 3 is 1.62 bits per heavy atom. The van der Waals surface area contributed by atoms with Crippen LogP contribution >= 0.6 is 22.7 Å². The van der Waals surface area contributed by atoms with E-state index in [1.165, 1.54) is 12.4 Å². The summed E-state index contributed by atoms with van der Waals surface area (Å²) in [5.41, 5.74) is 0. The van der Waals surface area contributed by atoms with Crippen LogP contribution in [0.2, 0.25) is 0 Å². The zero-order valence-corrected chi connectivity index (χ0v) is 13.9. The molecule has 2 aromatic heterocycles. The number of anilines is 2. The van der Waals surface area contributed by atoms with Crippen molar-refractivity contribution in [2.45, 2.75) is 6.42 Å². The van der Waals surface area contributed by atoms with E-state index in [1.807, 2.05) is 0 Å². The molecule has 12 heteroatoms. The van der Waals surface area contributed by atoms with Crippen molar-refractivity contribution in [3.8, 4) is 0 Å². The van der Waals surface area contributed by atoms with Gasteiger partial charge in [0.05, 0.1) is 11.5 Å². The van der Waals surface area contributed by atoms with E-state index in [-0.39, 0.29) is 28.2 Å². The van der Waals surface area contributed by atoms with Gasteiger partial charge in [-0.1, -0.05) is 0 Å². The van der Waals surface area contributed by atoms with Crippen LogP contribution in [0.15, 0.2) is 23.2 Å². The number of rotatable bonds is 8. The average molecular weight is 368 g/mol. The molecule has 0 unspecified atom stereocenters. The van der Waals surface area contributed by atoms with E-state index in [9.17, 15) is 16.8 Å². The van der Waals surface area contributed by atoms with Crippen LogP contribution in [0.3, 0.4) is 0 Å². The lowest BCUT2D eigenvalue weighted by atomic mass is 10.6. The van der Waals surface area contributed by atoms with Crippen LogP contribution in [0, 0.1) is 0 Å². The number of hydrogen-bond donors (Lipinski definition) is 2. The standard InChI is InChI=1S/C9H12N4O4S4/c14-20(15,12-8-10-2-4-18-8)6-1-7-21(16,17)13-9-11-3-5-19-9/h2-5H,1,6-7H2,(H,10,12)(H,11,13). The predicted octanol–water partition coefficient (Wildman–Crippen LogP) is 1.17. The largest absolute Gasteiger partial charge is 0.259 e. The lowest BCUT2D eigenvalue weighted by molar-refractivity contribution is 0.595. The van der Waals surface area contributed by atoms with Crippen molar-refractivity contribution in [3.05, 3.63) is 23.2 Å². The van der Waals surface area contributed by atoms with Crippen LogP contribution in [-0.4, -0.2) is 38.3 Å². The fraction of sp³-hybridized carbons (Fsp3) is 0.333. The number of sulfonamides is 2. The van der Waals surface area contributed by atoms with Gasteiger partial charge in [-0.05, 0) is 6.42 Å². The van der Waals surface area contributed by atoms with Gasteiger partial charge >= 0.3 is 0 Å². The Morgan fingerprint density at radius 1 is 0.857 bits per heavy atom. The molecular formula is C9H12N4O4S4. The third-order valence-electron chi connectivity index (χ3n) is 2.18. The maximum atomic E-state index is 11.7. The number of aromatic nitrogens is 2. The number of nitrogens with zero attached hydrogens (tertiary/aromatic N) is 2. The monoisotopic (exact) mass is 368 g/mol. The quantitative estimate of drug-likeness (QED) is 0.722. The highest BCUT2D eigenvalue weighted by Crippen LogP contribution is 2.14. The first-order valence-corrected chi connectivity index (χ1v) is 10.7. The Labute approximate surface area is 130 Å². The third kappa shape index (κ3) is 5.57. The van der Waals surface area contributed by atoms with Crippen LogP contribution in [0.4, 0.5) is 10.3 Å². The minimum absolute atomic E-state index is 0.0264. The summed E-state index contributed by atoms with van der Waals surface area (Å²) in [6.45, 7) is 0. The van der Waals surface area contributed by atoms with E-state index in [0.717, 1.165) is 22.7 Å². The van der Waals surface area contributed by atoms with Crippen molar-refractivity contribution in [1.29, 1.82) is 0 Å². The predicted molar refractivity (Wildman–Crippen MR) is 83.7 cm³/mol. The van der Waals surface area contributed by atoms with Gasteiger partial charge in [-0.15, -0.1) is 22.7 Å². The molecule has 0 aliphatic carbocycles. The molecular weight excluding hydrogens is 356 g/mol. The number of nitrogens with one attached hydrogen (secondary N) is 2. The molecule has 0 spiro atoms.